The van der Waals surface area contributed by atoms with E-state index in [4.69, 9.17) is 0 Å². The third-order valence-corrected chi connectivity index (χ3v) is 6.52. The predicted molar refractivity (Wildman–Crippen MR) is 87.7 cm³/mol. The van der Waals surface area contributed by atoms with Crippen molar-refractivity contribution in [2.75, 3.05) is 11.5 Å². The number of halogens is 1. The highest BCUT2D eigenvalue weighted by Gasteiger charge is 2.35. The molecule has 1 aliphatic heterocycles. The van der Waals surface area contributed by atoms with Crippen LogP contribution in [-0.4, -0.2) is 36.8 Å². The molecule has 1 aliphatic rings. The molecule has 1 aromatic carbocycles. The molecule has 0 bridgehead atoms. The van der Waals surface area contributed by atoms with Gasteiger partial charge in [-0.2, -0.15) is 0 Å². The van der Waals surface area contributed by atoms with Crippen molar-refractivity contribution in [3.8, 4) is 0 Å². The van der Waals surface area contributed by atoms with Crippen LogP contribution in [0.25, 0.3) is 0 Å². The first kappa shape index (κ1) is 16.1. The average Bonchev–Trinajstić information content (AvgIpc) is 3.14. The van der Waals surface area contributed by atoms with Crippen LogP contribution in [0.5, 0.6) is 0 Å². The molecule has 1 amide bonds. The lowest BCUT2D eigenvalue weighted by molar-refractivity contribution is 0.0683. The summed E-state index contributed by atoms with van der Waals surface area (Å²) < 4.78 is 36.6. The summed E-state index contributed by atoms with van der Waals surface area (Å²) in [5.74, 6) is -0.573. The predicted octanol–water partition coefficient (Wildman–Crippen LogP) is 2.72. The lowest BCUT2D eigenvalue weighted by Gasteiger charge is -2.28. The first-order chi connectivity index (χ1) is 10.9. The molecule has 2 heterocycles. The van der Waals surface area contributed by atoms with E-state index < -0.39 is 15.7 Å². The second kappa shape index (κ2) is 6.41. The Balaban J connectivity index is 1.88. The maximum atomic E-state index is 13.1. The van der Waals surface area contributed by atoms with Gasteiger partial charge < -0.3 is 4.90 Å². The van der Waals surface area contributed by atoms with E-state index in [0.717, 1.165) is 4.88 Å². The number of hydrogen-bond donors (Lipinski definition) is 0. The number of thiophene rings is 1. The zero-order valence-electron chi connectivity index (χ0n) is 12.3. The minimum absolute atomic E-state index is 0.00862. The Morgan fingerprint density at radius 1 is 1.26 bits per heavy atom. The summed E-state index contributed by atoms with van der Waals surface area (Å²) in [7, 11) is -3.09. The van der Waals surface area contributed by atoms with Crippen LogP contribution in [0, 0.1) is 5.82 Å². The van der Waals surface area contributed by atoms with Gasteiger partial charge in [0.05, 0.1) is 18.1 Å². The Morgan fingerprint density at radius 3 is 2.57 bits per heavy atom. The topological polar surface area (TPSA) is 54.5 Å². The van der Waals surface area contributed by atoms with Crippen LogP contribution in [0.15, 0.2) is 41.8 Å². The number of hydrogen-bond acceptors (Lipinski definition) is 4. The molecule has 2 aromatic rings. The summed E-state index contributed by atoms with van der Waals surface area (Å²) >= 11 is 1.52. The molecule has 1 aromatic heterocycles. The van der Waals surface area contributed by atoms with E-state index in [9.17, 15) is 17.6 Å². The number of rotatable bonds is 4. The molecular formula is C16H16FNO3S2. The van der Waals surface area contributed by atoms with Gasteiger partial charge in [-0.3, -0.25) is 4.79 Å². The summed E-state index contributed by atoms with van der Waals surface area (Å²) in [4.78, 5) is 15.4. The molecule has 1 saturated heterocycles. The number of amides is 1. The van der Waals surface area contributed by atoms with Gasteiger partial charge in [0.15, 0.2) is 9.84 Å². The van der Waals surface area contributed by atoms with E-state index in [0.29, 0.717) is 18.5 Å². The number of carbonyl (C=O) groups excluding carboxylic acids is 1. The molecular weight excluding hydrogens is 337 g/mol. The lowest BCUT2D eigenvalue weighted by Crippen LogP contribution is -2.40. The van der Waals surface area contributed by atoms with Gasteiger partial charge in [0.2, 0.25) is 0 Å². The van der Waals surface area contributed by atoms with Gasteiger partial charge in [0.1, 0.15) is 5.82 Å². The van der Waals surface area contributed by atoms with Gasteiger partial charge in [-0.25, -0.2) is 12.8 Å². The molecule has 4 nitrogen and oxygen atoms in total. The Kier molecular flexibility index (Phi) is 4.50. The highest BCUT2D eigenvalue weighted by molar-refractivity contribution is 7.91. The van der Waals surface area contributed by atoms with Gasteiger partial charge in [-0.1, -0.05) is 6.07 Å². The standard InChI is InChI=1S/C16H16FNO3S2/c17-13-5-3-12(4-6-13)16(19)18(10-15-2-1-8-22-15)14-7-9-23(20,21)11-14/h1-6,8,14H,7,9-11H2/t14-/m1/s1. The van der Waals surface area contributed by atoms with Crippen molar-refractivity contribution in [1.29, 1.82) is 0 Å². The Labute approximate surface area is 138 Å². The minimum Gasteiger partial charge on any atom is -0.329 e. The molecule has 1 fully saturated rings. The zero-order chi connectivity index (χ0) is 16.4. The van der Waals surface area contributed by atoms with Gasteiger partial charge in [-0.15, -0.1) is 11.3 Å². The number of nitrogens with zero attached hydrogens (tertiary/aromatic N) is 1. The van der Waals surface area contributed by atoms with Gasteiger partial charge >= 0.3 is 0 Å². The van der Waals surface area contributed by atoms with Gasteiger partial charge in [0.25, 0.3) is 5.91 Å². The SMILES string of the molecule is O=C(c1ccc(F)cc1)N(Cc1cccs1)[C@@H]1CCS(=O)(=O)C1. The summed E-state index contributed by atoms with van der Waals surface area (Å²) in [6.45, 7) is 0.369. The van der Waals surface area contributed by atoms with Crippen molar-refractivity contribution < 1.29 is 17.6 Å². The van der Waals surface area contributed by atoms with Gasteiger partial charge in [0, 0.05) is 16.5 Å². The smallest absolute Gasteiger partial charge is 0.254 e. The fraction of sp³-hybridized carbons (Fsp3) is 0.312. The maximum Gasteiger partial charge on any atom is 0.254 e. The molecule has 0 N–H and O–H groups in total. The fourth-order valence-electron chi connectivity index (χ4n) is 2.72. The van der Waals surface area contributed by atoms with Crippen LogP contribution >= 0.6 is 11.3 Å². The van der Waals surface area contributed by atoms with Crippen molar-refractivity contribution in [1.82, 2.24) is 4.90 Å². The fourth-order valence-corrected chi connectivity index (χ4v) is 5.15. The summed E-state index contributed by atoms with van der Waals surface area (Å²) in [5.41, 5.74) is 0.368. The zero-order valence-corrected chi connectivity index (χ0v) is 13.9. The van der Waals surface area contributed by atoms with Crippen molar-refractivity contribution in [2.45, 2.75) is 19.0 Å². The van der Waals surface area contributed by atoms with Crippen LogP contribution in [0.4, 0.5) is 4.39 Å². The Morgan fingerprint density at radius 2 is 2.00 bits per heavy atom. The van der Waals surface area contributed by atoms with E-state index >= 15 is 0 Å². The molecule has 0 aliphatic carbocycles. The maximum absolute atomic E-state index is 13.1. The highest BCUT2D eigenvalue weighted by atomic mass is 32.2. The van der Waals surface area contributed by atoms with Crippen molar-refractivity contribution in [3.63, 3.8) is 0 Å². The van der Waals surface area contributed by atoms with Gasteiger partial charge in [-0.05, 0) is 42.1 Å². The van der Waals surface area contributed by atoms with Crippen LogP contribution in [0.1, 0.15) is 21.7 Å². The molecule has 7 heteroatoms. The van der Waals surface area contributed by atoms with Crippen molar-refractivity contribution in [2.24, 2.45) is 0 Å². The molecule has 0 unspecified atom stereocenters. The van der Waals surface area contributed by atoms with Crippen molar-refractivity contribution in [3.05, 3.63) is 58.0 Å². The molecule has 0 spiro atoms. The molecule has 122 valence electrons. The van der Waals surface area contributed by atoms with E-state index in [2.05, 4.69) is 0 Å². The van der Waals surface area contributed by atoms with Crippen LogP contribution in [0.3, 0.4) is 0 Å². The summed E-state index contributed by atoms with van der Waals surface area (Å²) in [6.07, 6.45) is 0.445. The number of benzene rings is 1. The molecule has 0 radical (unpaired) electrons. The van der Waals surface area contributed by atoms with Crippen LogP contribution in [-0.2, 0) is 16.4 Å². The molecule has 23 heavy (non-hydrogen) atoms. The normalized spacial score (nSPS) is 19.6. The second-order valence-electron chi connectivity index (χ2n) is 5.58. The monoisotopic (exact) mass is 353 g/mol. The average molecular weight is 353 g/mol. The minimum atomic E-state index is -3.09. The Hall–Kier alpha value is -1.73. The molecule has 1 atom stereocenters. The highest BCUT2D eigenvalue weighted by Crippen LogP contribution is 2.23. The third-order valence-electron chi connectivity index (χ3n) is 3.91. The van der Waals surface area contributed by atoms with E-state index in [1.807, 2.05) is 17.5 Å². The van der Waals surface area contributed by atoms with E-state index in [-0.39, 0.29) is 23.5 Å². The Bertz CT molecular complexity index is 785. The van der Waals surface area contributed by atoms with Crippen LogP contribution < -0.4 is 0 Å². The third kappa shape index (κ3) is 3.79. The summed E-state index contributed by atoms with van der Waals surface area (Å²) in [6, 6.07) is 8.82. The van der Waals surface area contributed by atoms with E-state index in [1.54, 1.807) is 4.90 Å². The first-order valence-electron chi connectivity index (χ1n) is 7.24. The molecule has 3 rings (SSSR count). The quantitative estimate of drug-likeness (QED) is 0.849. The largest absolute Gasteiger partial charge is 0.329 e. The first-order valence-corrected chi connectivity index (χ1v) is 9.94. The van der Waals surface area contributed by atoms with Crippen LogP contribution in [0.2, 0.25) is 0 Å². The second-order valence-corrected chi connectivity index (χ2v) is 8.84. The van der Waals surface area contributed by atoms with Crippen molar-refractivity contribution >= 4 is 27.1 Å². The molecule has 0 saturated carbocycles. The summed E-state index contributed by atoms with van der Waals surface area (Å²) in [5, 5.41) is 1.92. The number of sulfone groups is 1. The number of carbonyl (C=O) groups is 1. The van der Waals surface area contributed by atoms with E-state index in [1.165, 1.54) is 35.6 Å². The lowest BCUT2D eigenvalue weighted by atomic mass is 10.1.